The minimum absolute atomic E-state index is 0.234. The summed E-state index contributed by atoms with van der Waals surface area (Å²) in [5.74, 6) is 0.0564. The third-order valence-corrected chi connectivity index (χ3v) is 2.16. The third-order valence-electron chi connectivity index (χ3n) is 2.16. The molecule has 4 heteroatoms. The van der Waals surface area contributed by atoms with Crippen LogP contribution in [0, 0.1) is 0 Å². The van der Waals surface area contributed by atoms with Crippen LogP contribution >= 0.6 is 0 Å². The molecule has 1 aliphatic rings. The summed E-state index contributed by atoms with van der Waals surface area (Å²) in [6, 6.07) is 5.08. The lowest BCUT2D eigenvalue weighted by atomic mass is 10.00. The molecule has 72 valence electrons. The van der Waals surface area contributed by atoms with Gasteiger partial charge in [0.05, 0.1) is 13.5 Å². The van der Waals surface area contributed by atoms with Crippen molar-refractivity contribution in [3.05, 3.63) is 29.3 Å². The highest BCUT2D eigenvalue weighted by molar-refractivity contribution is 6.09. The molecule has 0 spiro atoms. The van der Waals surface area contributed by atoms with E-state index in [2.05, 4.69) is 5.32 Å². The highest BCUT2D eigenvalue weighted by Crippen LogP contribution is 2.20. The average molecular weight is 191 g/mol. The van der Waals surface area contributed by atoms with E-state index >= 15 is 0 Å². The van der Waals surface area contributed by atoms with Crippen molar-refractivity contribution in [2.45, 2.75) is 6.42 Å². The fourth-order valence-corrected chi connectivity index (χ4v) is 1.48. The molecular formula is C10H9NO3. The first-order valence-corrected chi connectivity index (χ1v) is 4.22. The predicted octanol–water partition coefficient (Wildman–Crippen LogP) is 0.508. The van der Waals surface area contributed by atoms with E-state index < -0.39 is 0 Å². The van der Waals surface area contributed by atoms with Crippen molar-refractivity contribution in [3.8, 4) is 5.75 Å². The van der Waals surface area contributed by atoms with Crippen molar-refractivity contribution in [2.75, 3.05) is 7.11 Å². The topological polar surface area (TPSA) is 55.4 Å². The zero-order valence-electron chi connectivity index (χ0n) is 7.66. The number of hydrogen-bond acceptors (Lipinski definition) is 3. The standard InChI is InChI=1S/C10H9NO3/c1-14-7-2-3-8-6(4-7)5-9(12)11-10(8)13/h2-4H,5H2,1H3,(H,11,12,13). The molecule has 1 aromatic carbocycles. The van der Waals surface area contributed by atoms with Gasteiger partial charge in [-0.1, -0.05) is 0 Å². The van der Waals surface area contributed by atoms with Gasteiger partial charge in [-0.15, -0.1) is 0 Å². The number of carbonyl (C=O) groups excluding carboxylic acids is 2. The SMILES string of the molecule is COc1ccc2c(c1)CC(=O)NC2=O. The Morgan fingerprint density at radius 3 is 2.86 bits per heavy atom. The number of imide groups is 1. The largest absolute Gasteiger partial charge is 0.497 e. The maximum Gasteiger partial charge on any atom is 0.258 e. The molecule has 1 aliphatic heterocycles. The second kappa shape index (κ2) is 3.14. The Morgan fingerprint density at radius 2 is 2.14 bits per heavy atom. The summed E-state index contributed by atoms with van der Waals surface area (Å²) >= 11 is 0. The van der Waals surface area contributed by atoms with Gasteiger partial charge in [-0.05, 0) is 23.8 Å². The Labute approximate surface area is 80.9 Å². The number of amides is 2. The van der Waals surface area contributed by atoms with Crippen LogP contribution in [-0.2, 0) is 11.2 Å². The smallest absolute Gasteiger partial charge is 0.258 e. The zero-order valence-corrected chi connectivity index (χ0v) is 7.66. The van der Waals surface area contributed by atoms with Crippen molar-refractivity contribution in [2.24, 2.45) is 0 Å². The molecule has 14 heavy (non-hydrogen) atoms. The van der Waals surface area contributed by atoms with Crippen molar-refractivity contribution >= 4 is 11.8 Å². The van der Waals surface area contributed by atoms with Gasteiger partial charge in [0.1, 0.15) is 5.75 Å². The molecule has 0 aliphatic carbocycles. The van der Waals surface area contributed by atoms with Gasteiger partial charge in [0.25, 0.3) is 5.91 Å². The first-order chi connectivity index (χ1) is 6.70. The van der Waals surface area contributed by atoms with Gasteiger partial charge < -0.3 is 4.74 Å². The summed E-state index contributed by atoms with van der Waals surface area (Å²) in [7, 11) is 1.55. The zero-order chi connectivity index (χ0) is 10.1. The van der Waals surface area contributed by atoms with Gasteiger partial charge in [0, 0.05) is 5.56 Å². The minimum Gasteiger partial charge on any atom is -0.497 e. The van der Waals surface area contributed by atoms with Crippen LogP contribution in [0.15, 0.2) is 18.2 Å². The van der Waals surface area contributed by atoms with E-state index in [1.54, 1.807) is 25.3 Å². The number of rotatable bonds is 1. The van der Waals surface area contributed by atoms with E-state index in [4.69, 9.17) is 4.74 Å². The number of benzene rings is 1. The molecule has 4 nitrogen and oxygen atoms in total. The van der Waals surface area contributed by atoms with Gasteiger partial charge in [-0.2, -0.15) is 0 Å². The Kier molecular flexibility index (Phi) is 1.96. The summed E-state index contributed by atoms with van der Waals surface area (Å²) in [5.41, 5.74) is 1.27. The van der Waals surface area contributed by atoms with Gasteiger partial charge in [-0.3, -0.25) is 14.9 Å². The Hall–Kier alpha value is -1.84. The monoisotopic (exact) mass is 191 g/mol. The Balaban J connectivity index is 2.49. The van der Waals surface area contributed by atoms with Gasteiger partial charge in [0.2, 0.25) is 5.91 Å². The molecular weight excluding hydrogens is 182 g/mol. The molecule has 1 aromatic rings. The molecule has 0 atom stereocenters. The molecule has 2 rings (SSSR count). The minimum atomic E-state index is -0.334. The maximum absolute atomic E-state index is 11.3. The van der Waals surface area contributed by atoms with E-state index in [0.29, 0.717) is 11.3 Å². The average Bonchev–Trinajstić information content (AvgIpc) is 2.16. The first kappa shape index (κ1) is 8.74. The Morgan fingerprint density at radius 1 is 1.36 bits per heavy atom. The summed E-state index contributed by atoms with van der Waals surface area (Å²) in [4.78, 5) is 22.4. The van der Waals surface area contributed by atoms with Crippen LogP contribution < -0.4 is 10.1 Å². The highest BCUT2D eigenvalue weighted by Gasteiger charge is 2.22. The summed E-state index contributed by atoms with van der Waals surface area (Å²) in [6.45, 7) is 0. The Bertz CT molecular complexity index is 412. The van der Waals surface area contributed by atoms with Crippen LogP contribution in [-0.4, -0.2) is 18.9 Å². The summed E-state index contributed by atoms with van der Waals surface area (Å²) in [5, 5.41) is 2.25. The molecule has 2 amide bonds. The number of hydrogen-bond donors (Lipinski definition) is 1. The van der Waals surface area contributed by atoms with E-state index in [1.165, 1.54) is 0 Å². The first-order valence-electron chi connectivity index (χ1n) is 4.22. The normalized spacial score (nSPS) is 14.6. The number of carbonyl (C=O) groups is 2. The van der Waals surface area contributed by atoms with E-state index in [0.717, 1.165) is 5.56 Å². The lowest BCUT2D eigenvalue weighted by molar-refractivity contribution is -0.119. The quantitative estimate of drug-likeness (QED) is 0.658. The van der Waals surface area contributed by atoms with Gasteiger partial charge >= 0.3 is 0 Å². The maximum atomic E-state index is 11.3. The molecule has 0 saturated heterocycles. The summed E-state index contributed by atoms with van der Waals surface area (Å²) < 4.78 is 5.01. The molecule has 0 fully saturated rings. The van der Waals surface area contributed by atoms with E-state index in [1.807, 2.05) is 0 Å². The molecule has 0 aromatic heterocycles. The van der Waals surface area contributed by atoms with Gasteiger partial charge in [0.15, 0.2) is 0 Å². The predicted molar refractivity (Wildman–Crippen MR) is 49.2 cm³/mol. The number of nitrogens with one attached hydrogen (secondary N) is 1. The van der Waals surface area contributed by atoms with Crippen molar-refractivity contribution < 1.29 is 14.3 Å². The second-order valence-electron chi connectivity index (χ2n) is 3.08. The van der Waals surface area contributed by atoms with Crippen molar-refractivity contribution in [3.63, 3.8) is 0 Å². The van der Waals surface area contributed by atoms with Crippen LogP contribution in [0.1, 0.15) is 15.9 Å². The van der Waals surface area contributed by atoms with E-state index in [9.17, 15) is 9.59 Å². The molecule has 0 unspecified atom stereocenters. The van der Waals surface area contributed by atoms with Crippen LogP contribution in [0.25, 0.3) is 0 Å². The third kappa shape index (κ3) is 1.35. The molecule has 0 saturated carbocycles. The fourth-order valence-electron chi connectivity index (χ4n) is 1.48. The highest BCUT2D eigenvalue weighted by atomic mass is 16.5. The molecule has 1 N–H and O–H groups in total. The molecule has 0 radical (unpaired) electrons. The molecule has 0 bridgehead atoms. The summed E-state index contributed by atoms with van der Waals surface area (Å²) in [6.07, 6.45) is 0.234. The van der Waals surface area contributed by atoms with Crippen molar-refractivity contribution in [1.29, 1.82) is 0 Å². The van der Waals surface area contributed by atoms with E-state index in [-0.39, 0.29) is 18.2 Å². The van der Waals surface area contributed by atoms with Crippen LogP contribution in [0.3, 0.4) is 0 Å². The van der Waals surface area contributed by atoms with Crippen LogP contribution in [0.4, 0.5) is 0 Å². The second-order valence-corrected chi connectivity index (χ2v) is 3.08. The molecule has 1 heterocycles. The van der Waals surface area contributed by atoms with Crippen LogP contribution in [0.5, 0.6) is 5.75 Å². The number of ether oxygens (including phenoxy) is 1. The fraction of sp³-hybridized carbons (Fsp3) is 0.200. The number of fused-ring (bicyclic) bond motifs is 1. The van der Waals surface area contributed by atoms with Crippen molar-refractivity contribution in [1.82, 2.24) is 5.32 Å². The lowest BCUT2D eigenvalue weighted by Gasteiger charge is -2.15. The van der Waals surface area contributed by atoms with Crippen LogP contribution in [0.2, 0.25) is 0 Å². The lowest BCUT2D eigenvalue weighted by Crippen LogP contribution is -2.37. The number of methoxy groups -OCH3 is 1. The van der Waals surface area contributed by atoms with Gasteiger partial charge in [-0.25, -0.2) is 0 Å².